The first kappa shape index (κ1) is 16.3. The molecule has 1 saturated heterocycles. The summed E-state index contributed by atoms with van der Waals surface area (Å²) in [6.07, 6.45) is -3.73. The Morgan fingerprint density at radius 1 is 1.29 bits per heavy atom. The molecule has 0 bridgehead atoms. The second kappa shape index (κ2) is 6.16. The first-order valence-corrected chi connectivity index (χ1v) is 7.12. The number of halogens is 3. The van der Waals surface area contributed by atoms with Gasteiger partial charge in [-0.3, -0.25) is 10.1 Å². The number of nitrogens with zero attached hydrogens (tertiary/aromatic N) is 2. The van der Waals surface area contributed by atoms with Crippen molar-refractivity contribution in [1.82, 2.24) is 0 Å². The van der Waals surface area contributed by atoms with E-state index >= 15 is 0 Å². The van der Waals surface area contributed by atoms with E-state index < -0.39 is 28.5 Å². The molecule has 1 aromatic carbocycles. The Hall–Kier alpha value is -2.55. The number of non-ortho nitro benzene ring substituents is 1. The van der Waals surface area contributed by atoms with Gasteiger partial charge in [-0.05, 0) is 18.2 Å². The van der Waals surface area contributed by atoms with Gasteiger partial charge in [0.05, 0.1) is 29.9 Å². The van der Waals surface area contributed by atoms with Crippen molar-refractivity contribution in [3.63, 3.8) is 0 Å². The Balaban J connectivity index is 1.94. The number of anilines is 1. The van der Waals surface area contributed by atoms with E-state index in [1.807, 2.05) is 0 Å². The van der Waals surface area contributed by atoms with E-state index in [1.54, 1.807) is 12.1 Å². The molecule has 3 rings (SSSR count). The van der Waals surface area contributed by atoms with E-state index in [0.717, 1.165) is 12.1 Å². The molecule has 0 aliphatic carbocycles. The highest BCUT2D eigenvalue weighted by atomic mass is 19.4. The molecule has 1 fully saturated rings. The number of benzene rings is 1. The highest BCUT2D eigenvalue weighted by molar-refractivity contribution is 5.59. The zero-order valence-electron chi connectivity index (χ0n) is 12.3. The van der Waals surface area contributed by atoms with Gasteiger partial charge in [0.2, 0.25) is 0 Å². The quantitative estimate of drug-likeness (QED) is 0.627. The minimum absolute atomic E-state index is 0.104. The molecule has 9 heteroatoms. The molecular weight excluding hydrogens is 329 g/mol. The minimum Gasteiger partial charge on any atom is -0.467 e. The summed E-state index contributed by atoms with van der Waals surface area (Å²) >= 11 is 0. The molecule has 1 aromatic heterocycles. The Morgan fingerprint density at radius 2 is 2.08 bits per heavy atom. The number of hydrogen-bond donors (Lipinski definition) is 0. The summed E-state index contributed by atoms with van der Waals surface area (Å²) in [4.78, 5) is 11.4. The lowest BCUT2D eigenvalue weighted by Gasteiger charge is -2.35. The lowest BCUT2D eigenvalue weighted by molar-refractivity contribution is -0.385. The van der Waals surface area contributed by atoms with Crippen LogP contribution in [-0.2, 0) is 10.9 Å². The van der Waals surface area contributed by atoms with Gasteiger partial charge in [0.15, 0.2) is 0 Å². The Morgan fingerprint density at radius 3 is 2.71 bits per heavy atom. The van der Waals surface area contributed by atoms with Crippen molar-refractivity contribution in [2.45, 2.75) is 12.3 Å². The topological polar surface area (TPSA) is 68.8 Å². The summed E-state index contributed by atoms with van der Waals surface area (Å²) in [5.74, 6) is 0.523. The molecule has 6 nitrogen and oxygen atoms in total. The standard InChI is InChI=1S/C15H13F3N2O4/c16-15(17,18)11-8-10(20(21)22)3-4-12(11)19-5-7-24-14(9-19)13-2-1-6-23-13/h1-4,6,8,14H,5,7,9H2. The highest BCUT2D eigenvalue weighted by Gasteiger charge is 2.38. The first-order chi connectivity index (χ1) is 11.4. The summed E-state index contributed by atoms with van der Waals surface area (Å²) < 4.78 is 50.7. The predicted molar refractivity (Wildman–Crippen MR) is 77.7 cm³/mol. The van der Waals surface area contributed by atoms with Gasteiger partial charge in [0.1, 0.15) is 11.9 Å². The number of ether oxygens (including phenoxy) is 1. The maximum absolute atomic E-state index is 13.3. The van der Waals surface area contributed by atoms with E-state index in [9.17, 15) is 23.3 Å². The smallest absolute Gasteiger partial charge is 0.418 e. The maximum Gasteiger partial charge on any atom is 0.418 e. The third kappa shape index (κ3) is 3.21. The fraction of sp³-hybridized carbons (Fsp3) is 0.333. The van der Waals surface area contributed by atoms with Gasteiger partial charge >= 0.3 is 6.18 Å². The summed E-state index contributed by atoms with van der Waals surface area (Å²) in [5.41, 5.74) is -1.73. The van der Waals surface area contributed by atoms with Crippen molar-refractivity contribution in [3.05, 3.63) is 58.0 Å². The van der Waals surface area contributed by atoms with E-state index in [4.69, 9.17) is 9.15 Å². The fourth-order valence-corrected chi connectivity index (χ4v) is 2.66. The third-order valence-electron chi connectivity index (χ3n) is 3.76. The van der Waals surface area contributed by atoms with Gasteiger partial charge in [-0.15, -0.1) is 0 Å². The van der Waals surface area contributed by atoms with Gasteiger partial charge in [-0.25, -0.2) is 0 Å². The molecule has 2 aromatic rings. The van der Waals surface area contributed by atoms with Crippen LogP contribution in [0.5, 0.6) is 0 Å². The molecule has 24 heavy (non-hydrogen) atoms. The molecule has 1 atom stereocenters. The number of rotatable bonds is 3. The number of nitro groups is 1. The Bertz CT molecular complexity index is 731. The summed E-state index contributed by atoms with van der Waals surface area (Å²) in [7, 11) is 0. The number of alkyl halides is 3. The van der Waals surface area contributed by atoms with Crippen LogP contribution in [0.2, 0.25) is 0 Å². The van der Waals surface area contributed by atoms with Crippen LogP contribution in [0, 0.1) is 10.1 Å². The third-order valence-corrected chi connectivity index (χ3v) is 3.76. The van der Waals surface area contributed by atoms with Crippen LogP contribution in [0.3, 0.4) is 0 Å². The number of hydrogen-bond acceptors (Lipinski definition) is 5. The zero-order chi connectivity index (χ0) is 17.3. The molecule has 0 saturated carbocycles. The largest absolute Gasteiger partial charge is 0.467 e. The van der Waals surface area contributed by atoms with Crippen LogP contribution in [0.15, 0.2) is 41.0 Å². The molecule has 1 unspecified atom stereocenters. The highest BCUT2D eigenvalue weighted by Crippen LogP contribution is 2.40. The van der Waals surface area contributed by atoms with Crippen LogP contribution in [0.4, 0.5) is 24.5 Å². The summed E-state index contributed by atoms with van der Waals surface area (Å²) in [6.45, 7) is 0.631. The van der Waals surface area contributed by atoms with Crippen molar-refractivity contribution in [2.75, 3.05) is 24.6 Å². The number of furan rings is 1. The van der Waals surface area contributed by atoms with Gasteiger partial charge < -0.3 is 14.1 Å². The average molecular weight is 342 g/mol. The number of morpholine rings is 1. The zero-order valence-corrected chi connectivity index (χ0v) is 12.3. The Labute approximate surface area is 134 Å². The van der Waals surface area contributed by atoms with Crippen molar-refractivity contribution in [1.29, 1.82) is 0 Å². The van der Waals surface area contributed by atoms with Gasteiger partial charge in [-0.2, -0.15) is 13.2 Å². The normalized spacial score (nSPS) is 18.6. The van der Waals surface area contributed by atoms with Crippen LogP contribution in [0.1, 0.15) is 17.4 Å². The molecule has 0 N–H and O–H groups in total. The van der Waals surface area contributed by atoms with E-state index in [2.05, 4.69) is 0 Å². The van der Waals surface area contributed by atoms with Crippen LogP contribution < -0.4 is 4.90 Å². The van der Waals surface area contributed by atoms with Crippen LogP contribution in [-0.4, -0.2) is 24.6 Å². The molecule has 1 aliphatic heterocycles. The van der Waals surface area contributed by atoms with Gasteiger partial charge in [0, 0.05) is 24.4 Å². The fourth-order valence-electron chi connectivity index (χ4n) is 2.66. The van der Waals surface area contributed by atoms with Crippen molar-refractivity contribution < 1.29 is 27.2 Å². The van der Waals surface area contributed by atoms with E-state index in [1.165, 1.54) is 11.2 Å². The molecule has 128 valence electrons. The van der Waals surface area contributed by atoms with Gasteiger partial charge in [-0.1, -0.05) is 0 Å². The van der Waals surface area contributed by atoms with Crippen LogP contribution in [0.25, 0.3) is 0 Å². The predicted octanol–water partition coefficient (Wildman–Crippen LogP) is 3.78. The van der Waals surface area contributed by atoms with Gasteiger partial charge in [0.25, 0.3) is 5.69 Å². The summed E-state index contributed by atoms with van der Waals surface area (Å²) in [6, 6.07) is 6.12. The van der Waals surface area contributed by atoms with E-state index in [-0.39, 0.29) is 25.4 Å². The Kier molecular flexibility index (Phi) is 4.18. The second-order valence-corrected chi connectivity index (χ2v) is 5.28. The minimum atomic E-state index is -4.69. The maximum atomic E-state index is 13.3. The molecule has 0 spiro atoms. The van der Waals surface area contributed by atoms with E-state index in [0.29, 0.717) is 11.8 Å². The van der Waals surface area contributed by atoms with Crippen LogP contribution >= 0.6 is 0 Å². The summed E-state index contributed by atoms with van der Waals surface area (Å²) in [5, 5.41) is 10.8. The van der Waals surface area contributed by atoms with Crippen molar-refractivity contribution in [2.24, 2.45) is 0 Å². The molecule has 0 amide bonds. The van der Waals surface area contributed by atoms with Crippen molar-refractivity contribution in [3.8, 4) is 0 Å². The molecular formula is C15H13F3N2O4. The lowest BCUT2D eigenvalue weighted by Crippen LogP contribution is -2.39. The monoisotopic (exact) mass is 342 g/mol. The lowest BCUT2D eigenvalue weighted by atomic mass is 10.1. The molecule has 2 heterocycles. The first-order valence-electron chi connectivity index (χ1n) is 7.12. The van der Waals surface area contributed by atoms with Crippen molar-refractivity contribution >= 4 is 11.4 Å². The molecule has 1 aliphatic rings. The molecule has 0 radical (unpaired) electrons. The SMILES string of the molecule is O=[N+]([O-])c1ccc(N2CCOC(c3ccco3)C2)c(C(F)(F)F)c1. The average Bonchev–Trinajstić information content (AvgIpc) is 3.08. The second-order valence-electron chi connectivity index (χ2n) is 5.28. The number of nitro benzene ring substituents is 1.